The highest BCUT2D eigenvalue weighted by atomic mass is 16.5. The number of nitrogens with zero attached hydrogens (tertiary/aromatic N) is 3. The van der Waals surface area contributed by atoms with E-state index in [0.717, 1.165) is 38.3 Å². The van der Waals surface area contributed by atoms with Gasteiger partial charge in [0.15, 0.2) is 5.78 Å². The number of ketones is 1. The van der Waals surface area contributed by atoms with Crippen molar-refractivity contribution >= 4 is 23.3 Å². The molecular weight excluding hydrogens is 444 g/mol. The van der Waals surface area contributed by atoms with Gasteiger partial charge in [-0.25, -0.2) is 0 Å². The van der Waals surface area contributed by atoms with Crippen LogP contribution in [0.2, 0.25) is 0 Å². The van der Waals surface area contributed by atoms with Crippen LogP contribution in [0.25, 0.3) is 0 Å². The van der Waals surface area contributed by atoms with Gasteiger partial charge in [-0.05, 0) is 49.6 Å². The third kappa shape index (κ3) is 5.09. The molecule has 0 radical (unpaired) electrons. The van der Waals surface area contributed by atoms with E-state index in [1.54, 1.807) is 4.90 Å². The van der Waals surface area contributed by atoms with E-state index in [-0.39, 0.29) is 36.2 Å². The number of rotatable bonds is 7. The number of likely N-dealkylation sites (N-methyl/N-ethyl adjacent to an activating group) is 1. The van der Waals surface area contributed by atoms with Crippen molar-refractivity contribution in [1.82, 2.24) is 15.1 Å². The molecular formula is C27H40N4O4. The van der Waals surface area contributed by atoms with Gasteiger partial charge < -0.3 is 24.8 Å². The van der Waals surface area contributed by atoms with Gasteiger partial charge in [-0.2, -0.15) is 0 Å². The summed E-state index contributed by atoms with van der Waals surface area (Å²) in [7, 11) is 2.13. The van der Waals surface area contributed by atoms with Crippen molar-refractivity contribution in [2.24, 2.45) is 11.3 Å². The maximum Gasteiger partial charge on any atom is 0.251 e. The Morgan fingerprint density at radius 2 is 1.77 bits per heavy atom. The summed E-state index contributed by atoms with van der Waals surface area (Å²) in [6.45, 7) is 12.6. The van der Waals surface area contributed by atoms with Crippen molar-refractivity contribution in [3.05, 3.63) is 29.8 Å². The van der Waals surface area contributed by atoms with E-state index in [9.17, 15) is 14.4 Å². The molecule has 4 rings (SSSR count). The van der Waals surface area contributed by atoms with E-state index in [2.05, 4.69) is 29.1 Å². The minimum absolute atomic E-state index is 0.0434. The van der Waals surface area contributed by atoms with E-state index >= 15 is 0 Å². The summed E-state index contributed by atoms with van der Waals surface area (Å²) in [5.74, 6) is -0.368. The van der Waals surface area contributed by atoms with Crippen molar-refractivity contribution in [3.63, 3.8) is 0 Å². The van der Waals surface area contributed by atoms with Gasteiger partial charge in [0.25, 0.3) is 5.91 Å². The van der Waals surface area contributed by atoms with E-state index in [0.29, 0.717) is 18.5 Å². The van der Waals surface area contributed by atoms with Crippen LogP contribution in [0.3, 0.4) is 0 Å². The molecule has 0 bridgehead atoms. The fourth-order valence-electron chi connectivity index (χ4n) is 5.41. The van der Waals surface area contributed by atoms with Crippen LogP contribution >= 0.6 is 0 Å². The van der Waals surface area contributed by atoms with Crippen LogP contribution in [0.1, 0.15) is 50.9 Å². The van der Waals surface area contributed by atoms with Crippen molar-refractivity contribution < 1.29 is 19.1 Å². The number of amides is 2. The average molecular weight is 485 g/mol. The third-order valence-electron chi connectivity index (χ3n) is 8.31. The summed E-state index contributed by atoms with van der Waals surface area (Å²) in [5.41, 5.74) is 1.15. The van der Waals surface area contributed by atoms with Gasteiger partial charge in [-0.1, -0.05) is 27.7 Å². The highest BCUT2D eigenvalue weighted by Crippen LogP contribution is 2.36. The Morgan fingerprint density at radius 1 is 1.11 bits per heavy atom. The SMILES string of the molecule is CC[C@H]1CN(C(=O)C(NC(=O)c2ccc(N3CCN(C)CC3)cc2)C(C)(C)CC)[C@@H]2C(=O)CO[C@H]12. The Balaban J connectivity index is 1.50. The fraction of sp³-hybridized carbons (Fsp3) is 0.667. The lowest BCUT2D eigenvalue weighted by Crippen LogP contribution is -2.57. The highest BCUT2D eigenvalue weighted by molar-refractivity contribution is 5.99. The van der Waals surface area contributed by atoms with Crippen molar-refractivity contribution in [3.8, 4) is 0 Å². The Morgan fingerprint density at radius 3 is 2.37 bits per heavy atom. The number of fused-ring (bicyclic) bond motifs is 1. The summed E-state index contributed by atoms with van der Waals surface area (Å²) >= 11 is 0. The van der Waals surface area contributed by atoms with E-state index < -0.39 is 17.5 Å². The molecule has 3 aliphatic heterocycles. The minimum atomic E-state index is -0.734. The molecule has 0 saturated carbocycles. The lowest BCUT2D eigenvalue weighted by molar-refractivity contribution is -0.140. The number of ether oxygens (including phenoxy) is 1. The predicted molar refractivity (Wildman–Crippen MR) is 136 cm³/mol. The first-order valence-electron chi connectivity index (χ1n) is 13.0. The van der Waals surface area contributed by atoms with Gasteiger partial charge in [0.05, 0.1) is 6.10 Å². The first-order valence-corrected chi connectivity index (χ1v) is 13.0. The number of hydrogen-bond acceptors (Lipinski definition) is 6. The highest BCUT2D eigenvalue weighted by Gasteiger charge is 2.53. The molecule has 1 aromatic rings. The van der Waals surface area contributed by atoms with Gasteiger partial charge in [-0.15, -0.1) is 0 Å². The van der Waals surface area contributed by atoms with E-state index in [1.807, 2.05) is 45.0 Å². The van der Waals surface area contributed by atoms with Gasteiger partial charge in [0.2, 0.25) is 5.91 Å². The topological polar surface area (TPSA) is 82.2 Å². The van der Waals surface area contributed by atoms with Crippen LogP contribution < -0.4 is 10.2 Å². The smallest absolute Gasteiger partial charge is 0.251 e. The molecule has 3 aliphatic rings. The van der Waals surface area contributed by atoms with Crippen LogP contribution in [0.4, 0.5) is 5.69 Å². The van der Waals surface area contributed by atoms with Crippen LogP contribution in [-0.4, -0.2) is 92.0 Å². The second-order valence-corrected chi connectivity index (χ2v) is 10.9. The lowest BCUT2D eigenvalue weighted by atomic mass is 9.80. The number of benzene rings is 1. The molecule has 8 nitrogen and oxygen atoms in total. The maximum absolute atomic E-state index is 13.8. The Labute approximate surface area is 209 Å². The lowest BCUT2D eigenvalue weighted by Gasteiger charge is -2.37. The quantitative estimate of drug-likeness (QED) is 0.639. The Bertz CT molecular complexity index is 939. The Hall–Kier alpha value is -2.45. The molecule has 0 aliphatic carbocycles. The zero-order valence-electron chi connectivity index (χ0n) is 21.8. The normalized spacial score (nSPS) is 26.1. The number of likely N-dealkylation sites (tertiary alicyclic amines) is 1. The summed E-state index contributed by atoms with van der Waals surface area (Å²) in [4.78, 5) is 46.0. The molecule has 0 spiro atoms. The van der Waals surface area contributed by atoms with Crippen LogP contribution in [0.5, 0.6) is 0 Å². The van der Waals surface area contributed by atoms with E-state index in [1.165, 1.54) is 0 Å². The molecule has 0 aromatic heterocycles. The standard InChI is InChI=1S/C27H40N4O4/c1-6-18-16-31(22-21(32)17-35-23(18)22)26(34)24(27(3,4)7-2)28-25(33)19-8-10-20(11-9-19)30-14-12-29(5)13-15-30/h8-11,18,22-24H,6-7,12-17H2,1-5H3,(H,28,33)/t18-,22+,23+,24?/m0/s1. The molecule has 3 saturated heterocycles. The average Bonchev–Trinajstić information content (AvgIpc) is 3.43. The minimum Gasteiger partial charge on any atom is -0.369 e. The molecule has 1 N–H and O–H groups in total. The summed E-state index contributed by atoms with van der Waals surface area (Å²) in [6.07, 6.45) is 1.31. The largest absolute Gasteiger partial charge is 0.369 e. The van der Waals surface area contributed by atoms with Crippen LogP contribution in [0, 0.1) is 11.3 Å². The van der Waals surface area contributed by atoms with Crippen LogP contribution in [0.15, 0.2) is 24.3 Å². The molecule has 35 heavy (non-hydrogen) atoms. The number of piperazine rings is 1. The van der Waals surface area contributed by atoms with Crippen molar-refractivity contribution in [2.45, 2.75) is 58.7 Å². The maximum atomic E-state index is 13.8. The molecule has 3 fully saturated rings. The third-order valence-corrected chi connectivity index (χ3v) is 8.31. The zero-order chi connectivity index (χ0) is 25.3. The molecule has 4 atom stereocenters. The number of hydrogen-bond donors (Lipinski definition) is 1. The molecule has 3 heterocycles. The molecule has 1 aromatic carbocycles. The molecule has 2 amide bonds. The molecule has 192 valence electrons. The van der Waals surface area contributed by atoms with Gasteiger partial charge in [0, 0.05) is 49.9 Å². The predicted octanol–water partition coefficient (Wildman–Crippen LogP) is 2.18. The number of nitrogens with one attached hydrogen (secondary N) is 1. The second kappa shape index (κ2) is 10.3. The van der Waals surface area contributed by atoms with Crippen LogP contribution in [-0.2, 0) is 14.3 Å². The van der Waals surface area contributed by atoms with Gasteiger partial charge in [-0.3, -0.25) is 14.4 Å². The first kappa shape index (κ1) is 25.6. The monoisotopic (exact) mass is 484 g/mol. The number of anilines is 1. The zero-order valence-corrected chi connectivity index (χ0v) is 21.8. The fourth-order valence-corrected chi connectivity index (χ4v) is 5.41. The van der Waals surface area contributed by atoms with Gasteiger partial charge in [0.1, 0.15) is 18.7 Å². The number of Topliss-reactive ketones (excluding diaryl/α,β-unsaturated/α-hetero) is 1. The Kier molecular flexibility index (Phi) is 7.52. The first-order chi connectivity index (χ1) is 16.7. The van der Waals surface area contributed by atoms with Gasteiger partial charge >= 0.3 is 0 Å². The summed E-state index contributed by atoms with van der Waals surface area (Å²) in [6, 6.07) is 6.35. The number of carbonyl (C=O) groups is 3. The van der Waals surface area contributed by atoms with Crippen molar-refractivity contribution in [2.75, 3.05) is 51.3 Å². The second-order valence-electron chi connectivity index (χ2n) is 10.9. The molecule has 1 unspecified atom stereocenters. The van der Waals surface area contributed by atoms with E-state index in [4.69, 9.17) is 4.74 Å². The summed E-state index contributed by atoms with van der Waals surface area (Å²) in [5, 5.41) is 3.03. The summed E-state index contributed by atoms with van der Waals surface area (Å²) < 4.78 is 5.74. The number of carbonyl (C=O) groups excluding carboxylic acids is 3. The van der Waals surface area contributed by atoms with Crippen molar-refractivity contribution in [1.29, 1.82) is 0 Å². The molecule has 8 heteroatoms.